The predicted octanol–water partition coefficient (Wildman–Crippen LogP) is 5.68. The van der Waals surface area contributed by atoms with Crippen molar-refractivity contribution < 1.29 is 27.4 Å². The number of benzene rings is 2. The van der Waals surface area contributed by atoms with E-state index in [0.717, 1.165) is 37.8 Å². The highest BCUT2D eigenvalue weighted by molar-refractivity contribution is 5.89. The first-order valence-electron chi connectivity index (χ1n) is 11.2. The van der Waals surface area contributed by atoms with E-state index in [1.54, 1.807) is 6.07 Å². The number of carbonyl (C=O) groups excluding carboxylic acids is 1. The number of rotatable bonds is 5. The maximum Gasteiger partial charge on any atom is 0.573 e. The van der Waals surface area contributed by atoms with Gasteiger partial charge >= 0.3 is 6.36 Å². The third-order valence-electron chi connectivity index (χ3n) is 6.90. The summed E-state index contributed by atoms with van der Waals surface area (Å²) in [5.74, 6) is 0.254. The molecule has 3 aliphatic rings. The van der Waals surface area contributed by atoms with Gasteiger partial charge in [0.15, 0.2) is 0 Å². The first-order chi connectivity index (χ1) is 15.3. The second kappa shape index (κ2) is 8.10. The molecular formula is C25H26F3NO3. The smallest absolute Gasteiger partial charge is 0.490 e. The van der Waals surface area contributed by atoms with Crippen molar-refractivity contribution in [3.8, 4) is 11.5 Å². The molecule has 170 valence electrons. The third kappa shape index (κ3) is 4.22. The van der Waals surface area contributed by atoms with Gasteiger partial charge in [-0.15, -0.1) is 13.2 Å². The monoisotopic (exact) mass is 445 g/mol. The second-order valence-corrected chi connectivity index (χ2v) is 9.15. The van der Waals surface area contributed by atoms with Crippen LogP contribution < -0.4 is 14.8 Å². The topological polar surface area (TPSA) is 47.6 Å². The average molecular weight is 445 g/mol. The van der Waals surface area contributed by atoms with Crippen LogP contribution >= 0.6 is 0 Å². The van der Waals surface area contributed by atoms with Gasteiger partial charge in [0.25, 0.3) is 0 Å². The number of piperidine rings is 1. The molecule has 1 heterocycles. The maximum atomic E-state index is 13.5. The minimum absolute atomic E-state index is 0.0996. The zero-order valence-corrected chi connectivity index (χ0v) is 17.7. The van der Waals surface area contributed by atoms with E-state index in [1.807, 2.05) is 30.3 Å². The summed E-state index contributed by atoms with van der Waals surface area (Å²) in [6.45, 7) is 0.838. The van der Waals surface area contributed by atoms with Crippen LogP contribution in [0.15, 0.2) is 48.5 Å². The van der Waals surface area contributed by atoms with Gasteiger partial charge in [0.2, 0.25) is 0 Å². The van der Waals surface area contributed by atoms with E-state index < -0.39 is 11.8 Å². The number of carbonyl (C=O) groups is 1. The summed E-state index contributed by atoms with van der Waals surface area (Å²) >= 11 is 0. The number of ketones is 1. The largest absolute Gasteiger partial charge is 0.573 e. The molecule has 32 heavy (non-hydrogen) atoms. The van der Waals surface area contributed by atoms with Gasteiger partial charge in [-0.3, -0.25) is 4.79 Å². The highest BCUT2D eigenvalue weighted by Gasteiger charge is 2.53. The Labute approximate surface area is 185 Å². The molecule has 2 aromatic carbocycles. The van der Waals surface area contributed by atoms with E-state index >= 15 is 0 Å². The Kier molecular flexibility index (Phi) is 5.40. The van der Waals surface area contributed by atoms with Crippen molar-refractivity contribution in [2.24, 2.45) is 5.41 Å². The molecule has 0 aromatic heterocycles. The summed E-state index contributed by atoms with van der Waals surface area (Å²) in [5, 5.41) is 3.54. The lowest BCUT2D eigenvalue weighted by Crippen LogP contribution is -2.45. The minimum atomic E-state index is -4.77. The van der Waals surface area contributed by atoms with E-state index in [-0.39, 0.29) is 29.6 Å². The summed E-state index contributed by atoms with van der Waals surface area (Å²) < 4.78 is 48.7. The van der Waals surface area contributed by atoms with Gasteiger partial charge in [-0.1, -0.05) is 30.3 Å². The minimum Gasteiger partial charge on any atom is -0.490 e. The lowest BCUT2D eigenvalue weighted by atomic mass is 9.69. The fraction of sp³-hybridized carbons (Fsp3) is 0.480. The van der Waals surface area contributed by atoms with Gasteiger partial charge in [0.1, 0.15) is 17.3 Å². The van der Waals surface area contributed by atoms with Crippen molar-refractivity contribution in [1.82, 2.24) is 5.32 Å². The molecule has 7 heteroatoms. The maximum absolute atomic E-state index is 13.5. The first kappa shape index (κ1) is 21.3. The molecule has 0 bridgehead atoms. The highest BCUT2D eigenvalue weighted by Crippen LogP contribution is 2.56. The molecule has 1 saturated heterocycles. The van der Waals surface area contributed by atoms with Gasteiger partial charge in [0.05, 0.1) is 6.10 Å². The number of nitrogens with one attached hydrogen (secondary N) is 1. The fourth-order valence-electron chi connectivity index (χ4n) is 5.38. The zero-order chi connectivity index (χ0) is 22.3. The molecule has 4 nitrogen and oxygen atoms in total. The van der Waals surface area contributed by atoms with Gasteiger partial charge < -0.3 is 14.8 Å². The van der Waals surface area contributed by atoms with Crippen molar-refractivity contribution in [3.63, 3.8) is 0 Å². The average Bonchev–Trinajstić information content (AvgIpc) is 3.52. The second-order valence-electron chi connectivity index (χ2n) is 9.15. The molecule has 1 spiro atoms. The van der Waals surface area contributed by atoms with E-state index in [0.29, 0.717) is 24.2 Å². The summed E-state index contributed by atoms with van der Waals surface area (Å²) in [6.07, 6.45) is -0.258. The Balaban J connectivity index is 1.48. The summed E-state index contributed by atoms with van der Waals surface area (Å²) in [4.78, 5) is 13.5. The van der Waals surface area contributed by atoms with Crippen LogP contribution in [0.2, 0.25) is 0 Å². The van der Waals surface area contributed by atoms with Crippen LogP contribution in [0.4, 0.5) is 13.2 Å². The molecule has 5 rings (SSSR count). The lowest BCUT2D eigenvalue weighted by molar-refractivity contribution is -0.274. The Hall–Kier alpha value is -2.54. The van der Waals surface area contributed by atoms with E-state index in [9.17, 15) is 18.0 Å². The first-order valence-corrected chi connectivity index (χ1v) is 11.2. The third-order valence-corrected chi connectivity index (χ3v) is 6.90. The van der Waals surface area contributed by atoms with E-state index in [2.05, 4.69) is 10.1 Å². The van der Waals surface area contributed by atoms with Crippen molar-refractivity contribution in [1.29, 1.82) is 0 Å². The molecule has 2 saturated carbocycles. The Morgan fingerprint density at radius 2 is 1.84 bits per heavy atom. The van der Waals surface area contributed by atoms with Crippen molar-refractivity contribution >= 4 is 5.78 Å². The molecular weight excluding hydrogens is 419 g/mol. The molecule has 3 atom stereocenters. The van der Waals surface area contributed by atoms with Crippen molar-refractivity contribution in [2.75, 3.05) is 6.54 Å². The molecule has 0 amide bonds. The van der Waals surface area contributed by atoms with Crippen LogP contribution in [0.5, 0.6) is 11.5 Å². The lowest BCUT2D eigenvalue weighted by Gasteiger charge is -2.41. The number of alkyl halides is 3. The van der Waals surface area contributed by atoms with E-state index in [1.165, 1.54) is 12.1 Å². The highest BCUT2D eigenvalue weighted by atomic mass is 19.4. The van der Waals surface area contributed by atoms with Crippen molar-refractivity contribution in [3.05, 3.63) is 59.7 Å². The van der Waals surface area contributed by atoms with Gasteiger partial charge in [-0.25, -0.2) is 0 Å². The fourth-order valence-corrected chi connectivity index (χ4v) is 5.38. The van der Waals surface area contributed by atoms with E-state index in [4.69, 9.17) is 4.74 Å². The molecule has 0 radical (unpaired) electrons. The Morgan fingerprint density at radius 3 is 2.56 bits per heavy atom. The van der Waals surface area contributed by atoms with Gasteiger partial charge in [-0.2, -0.15) is 0 Å². The molecule has 1 aliphatic heterocycles. The van der Waals surface area contributed by atoms with Gasteiger partial charge in [-0.05, 0) is 68.3 Å². The summed E-state index contributed by atoms with van der Waals surface area (Å²) in [7, 11) is 0. The number of Topliss-reactive ketones (excluding diaryl/α,β-unsaturated/α-hetero) is 1. The summed E-state index contributed by atoms with van der Waals surface area (Å²) in [5.41, 5.74) is 1.15. The van der Waals surface area contributed by atoms with Crippen LogP contribution in [0.3, 0.4) is 0 Å². The molecule has 2 aliphatic carbocycles. The van der Waals surface area contributed by atoms with Crippen LogP contribution in [0.1, 0.15) is 61.6 Å². The predicted molar refractivity (Wildman–Crippen MR) is 113 cm³/mol. The van der Waals surface area contributed by atoms with Crippen molar-refractivity contribution in [2.45, 2.75) is 63.0 Å². The standard InChI is InChI=1S/C25H26F3NO3/c26-25(27,28)32-19-9-10-21(31-18-7-8-18)20(14-19)17-13-22(30)24(15-17)11-4-12-29-23(24)16-5-2-1-3-6-16/h1-3,5-6,9-10,14,17-18,23,29H,4,7-8,11-13,15H2/t17-,23-,24-/m0/s1. The summed E-state index contributed by atoms with van der Waals surface area (Å²) in [6, 6.07) is 14.1. The SMILES string of the molecule is O=C1C[C@H](c2cc(OC(F)(F)F)ccc2OC2CC2)C[C@@]12CCCN[C@H]2c1ccccc1. The number of halogens is 3. The Bertz CT molecular complexity index is 990. The molecule has 2 aromatic rings. The van der Waals surface area contributed by atoms with Crippen LogP contribution in [-0.2, 0) is 4.79 Å². The molecule has 1 N–H and O–H groups in total. The number of ether oxygens (including phenoxy) is 2. The van der Waals surface area contributed by atoms with Crippen LogP contribution in [0, 0.1) is 5.41 Å². The molecule has 3 fully saturated rings. The zero-order valence-electron chi connectivity index (χ0n) is 17.7. The number of hydrogen-bond acceptors (Lipinski definition) is 4. The number of hydrogen-bond donors (Lipinski definition) is 1. The van der Waals surface area contributed by atoms with Gasteiger partial charge in [0, 0.05) is 23.4 Å². The van der Waals surface area contributed by atoms with Crippen LogP contribution in [0.25, 0.3) is 0 Å². The Morgan fingerprint density at radius 1 is 1.06 bits per heavy atom. The van der Waals surface area contributed by atoms with Crippen LogP contribution in [-0.4, -0.2) is 24.8 Å². The normalized spacial score (nSPS) is 28.2. The molecule has 0 unspecified atom stereocenters. The quantitative estimate of drug-likeness (QED) is 0.643.